The van der Waals surface area contributed by atoms with Crippen LogP contribution in [0.1, 0.15) is 0 Å². The number of benzene rings is 11. The van der Waals surface area contributed by atoms with Gasteiger partial charge in [0, 0.05) is 34.1 Å². The fraction of sp³-hybridized carbons (Fsp3) is 0. The van der Waals surface area contributed by atoms with E-state index in [1.165, 1.54) is 65.3 Å². The maximum atomic E-state index is 2.42. The molecule has 11 aromatic carbocycles. The molecule has 0 aromatic heterocycles. The average molecular weight is 765 g/mol. The van der Waals surface area contributed by atoms with E-state index in [2.05, 4.69) is 252 Å². The Kier molecular flexibility index (Phi) is 8.87. The molecule has 2 nitrogen and oxygen atoms in total. The molecule has 0 radical (unpaired) electrons. The van der Waals surface area contributed by atoms with Crippen molar-refractivity contribution in [1.29, 1.82) is 0 Å². The summed E-state index contributed by atoms with van der Waals surface area (Å²) < 4.78 is 0. The summed E-state index contributed by atoms with van der Waals surface area (Å²) in [6.07, 6.45) is 0. The van der Waals surface area contributed by atoms with Crippen molar-refractivity contribution in [1.82, 2.24) is 0 Å². The second-order valence-electron chi connectivity index (χ2n) is 15.3. The molecule has 0 fully saturated rings. The van der Waals surface area contributed by atoms with Crippen molar-refractivity contribution in [2.24, 2.45) is 0 Å². The van der Waals surface area contributed by atoms with Gasteiger partial charge in [0.2, 0.25) is 0 Å². The van der Waals surface area contributed by atoms with E-state index in [9.17, 15) is 0 Å². The van der Waals surface area contributed by atoms with Crippen LogP contribution in [0.25, 0.3) is 65.3 Å². The highest BCUT2D eigenvalue weighted by Crippen LogP contribution is 2.49. The number of rotatable bonds is 8. The first-order valence-electron chi connectivity index (χ1n) is 20.6. The quantitative estimate of drug-likeness (QED) is 0.142. The lowest BCUT2D eigenvalue weighted by Gasteiger charge is -2.28. The van der Waals surface area contributed by atoms with Crippen molar-refractivity contribution in [2.45, 2.75) is 0 Å². The van der Waals surface area contributed by atoms with Crippen molar-refractivity contribution in [3.05, 3.63) is 243 Å². The molecule has 0 amide bonds. The van der Waals surface area contributed by atoms with E-state index in [0.29, 0.717) is 0 Å². The fourth-order valence-corrected chi connectivity index (χ4v) is 9.00. The van der Waals surface area contributed by atoms with Crippen molar-refractivity contribution < 1.29 is 0 Å². The minimum Gasteiger partial charge on any atom is -0.310 e. The van der Waals surface area contributed by atoms with Crippen LogP contribution in [0.3, 0.4) is 0 Å². The van der Waals surface area contributed by atoms with Gasteiger partial charge >= 0.3 is 0 Å². The third-order valence-corrected chi connectivity index (χ3v) is 11.7. The third kappa shape index (κ3) is 6.32. The van der Waals surface area contributed by atoms with E-state index in [0.717, 1.165) is 34.1 Å². The third-order valence-electron chi connectivity index (χ3n) is 11.7. The average Bonchev–Trinajstić information content (AvgIpc) is 3.32. The zero-order valence-electron chi connectivity index (χ0n) is 33.0. The number of nitrogens with zero attached hydrogens (tertiary/aromatic N) is 2. The Labute approximate surface area is 350 Å². The SMILES string of the molecule is c1ccc(N(c2ccccc2)c2ccc3c(-c4ccc5ccccc5c4)c4ccc(N(c5ccccc5)c5ccccc5)cc4c(-c4ccc5ccccc5c4)c3c2)cc1. The van der Waals surface area contributed by atoms with E-state index in [4.69, 9.17) is 0 Å². The maximum Gasteiger partial charge on any atom is 0.0468 e. The second-order valence-corrected chi connectivity index (χ2v) is 15.3. The van der Waals surface area contributed by atoms with E-state index in [1.807, 2.05) is 0 Å². The summed E-state index contributed by atoms with van der Waals surface area (Å²) >= 11 is 0. The number of fused-ring (bicyclic) bond motifs is 4. The first-order chi connectivity index (χ1) is 29.8. The summed E-state index contributed by atoms with van der Waals surface area (Å²) in [5.41, 5.74) is 11.4. The van der Waals surface area contributed by atoms with Crippen LogP contribution >= 0.6 is 0 Å². The van der Waals surface area contributed by atoms with E-state index in [1.54, 1.807) is 0 Å². The number of anilines is 6. The van der Waals surface area contributed by atoms with E-state index in [-0.39, 0.29) is 0 Å². The van der Waals surface area contributed by atoms with Gasteiger partial charge in [-0.3, -0.25) is 0 Å². The number of para-hydroxylation sites is 4. The first-order valence-corrected chi connectivity index (χ1v) is 20.6. The Morgan fingerprint density at radius 3 is 0.883 bits per heavy atom. The Morgan fingerprint density at radius 2 is 0.517 bits per heavy atom. The molecule has 0 atom stereocenters. The monoisotopic (exact) mass is 764 g/mol. The number of hydrogen-bond donors (Lipinski definition) is 0. The molecule has 0 aliphatic heterocycles. The fourth-order valence-electron chi connectivity index (χ4n) is 9.00. The standard InChI is InChI=1S/C58H40N2/c1-5-21-47(22-6-1)59(48-23-7-2-8-24-48)51-33-35-53-55(39-51)58(46-32-30-42-18-14-16-20-44(42)38-46)56-40-52(60(49-25-9-3-10-26-49)50-27-11-4-12-28-50)34-36-54(56)57(53)45-31-29-41-17-13-15-19-43(41)37-45/h1-40H. The molecule has 0 N–H and O–H groups in total. The smallest absolute Gasteiger partial charge is 0.0468 e. The summed E-state index contributed by atoms with van der Waals surface area (Å²) in [7, 11) is 0. The molecule has 60 heavy (non-hydrogen) atoms. The van der Waals surface area contributed by atoms with Gasteiger partial charge in [0.05, 0.1) is 0 Å². The van der Waals surface area contributed by atoms with Crippen LogP contribution in [-0.2, 0) is 0 Å². The van der Waals surface area contributed by atoms with Gasteiger partial charge in [-0.25, -0.2) is 0 Å². The topological polar surface area (TPSA) is 6.48 Å². The van der Waals surface area contributed by atoms with Gasteiger partial charge in [-0.2, -0.15) is 0 Å². The molecule has 0 heterocycles. The second kappa shape index (κ2) is 15.1. The lowest BCUT2D eigenvalue weighted by Crippen LogP contribution is -2.10. The summed E-state index contributed by atoms with van der Waals surface area (Å²) in [5.74, 6) is 0. The van der Waals surface area contributed by atoms with Crippen LogP contribution < -0.4 is 9.80 Å². The van der Waals surface area contributed by atoms with Crippen LogP contribution in [0.15, 0.2) is 243 Å². The highest BCUT2D eigenvalue weighted by Gasteiger charge is 2.22. The molecule has 2 heteroatoms. The minimum absolute atomic E-state index is 1.09. The van der Waals surface area contributed by atoms with Crippen molar-refractivity contribution in [3.63, 3.8) is 0 Å². The van der Waals surface area contributed by atoms with E-state index >= 15 is 0 Å². The zero-order chi connectivity index (χ0) is 39.8. The molecule has 0 spiro atoms. The van der Waals surface area contributed by atoms with Gasteiger partial charge in [-0.15, -0.1) is 0 Å². The summed E-state index contributed by atoms with van der Waals surface area (Å²) in [4.78, 5) is 4.74. The molecule has 0 aliphatic carbocycles. The molecule has 11 rings (SSSR count). The highest BCUT2D eigenvalue weighted by molar-refractivity contribution is 6.23. The summed E-state index contributed by atoms with van der Waals surface area (Å²) in [6.45, 7) is 0. The lowest BCUT2D eigenvalue weighted by atomic mass is 9.84. The summed E-state index contributed by atoms with van der Waals surface area (Å²) in [6, 6.07) is 88.1. The van der Waals surface area contributed by atoms with E-state index < -0.39 is 0 Å². The van der Waals surface area contributed by atoms with Crippen LogP contribution in [0.4, 0.5) is 34.1 Å². The van der Waals surface area contributed by atoms with Crippen molar-refractivity contribution >= 4 is 77.2 Å². The Balaban J connectivity index is 1.28. The number of hydrogen-bond acceptors (Lipinski definition) is 2. The zero-order valence-corrected chi connectivity index (χ0v) is 33.0. The molecular formula is C58H40N2. The normalized spacial score (nSPS) is 11.3. The highest BCUT2D eigenvalue weighted by atomic mass is 15.1. The summed E-state index contributed by atoms with van der Waals surface area (Å²) in [5, 5.41) is 9.70. The Morgan fingerprint density at radius 1 is 0.200 bits per heavy atom. The van der Waals surface area contributed by atoms with Crippen LogP contribution in [0.5, 0.6) is 0 Å². The van der Waals surface area contributed by atoms with Crippen LogP contribution in [0.2, 0.25) is 0 Å². The molecule has 0 unspecified atom stereocenters. The minimum atomic E-state index is 1.09. The van der Waals surface area contributed by atoms with Crippen molar-refractivity contribution in [2.75, 3.05) is 9.80 Å². The van der Waals surface area contributed by atoms with Crippen molar-refractivity contribution in [3.8, 4) is 22.3 Å². The lowest BCUT2D eigenvalue weighted by molar-refractivity contribution is 1.29. The molecular weight excluding hydrogens is 725 g/mol. The largest absolute Gasteiger partial charge is 0.310 e. The van der Waals surface area contributed by atoms with Gasteiger partial charge in [-0.05, 0) is 150 Å². The van der Waals surface area contributed by atoms with Crippen LogP contribution in [0, 0.1) is 0 Å². The van der Waals surface area contributed by atoms with Gasteiger partial charge in [0.1, 0.15) is 0 Å². The predicted octanol–water partition coefficient (Wildman–Crippen LogP) is 16.6. The van der Waals surface area contributed by atoms with Gasteiger partial charge in [0.15, 0.2) is 0 Å². The predicted molar refractivity (Wildman–Crippen MR) is 257 cm³/mol. The van der Waals surface area contributed by atoms with Gasteiger partial charge in [0.25, 0.3) is 0 Å². The van der Waals surface area contributed by atoms with Gasteiger partial charge < -0.3 is 9.80 Å². The first kappa shape index (κ1) is 35.2. The van der Waals surface area contributed by atoms with Gasteiger partial charge in [-0.1, -0.05) is 158 Å². The maximum absolute atomic E-state index is 2.42. The molecule has 0 saturated heterocycles. The Bertz CT molecular complexity index is 3080. The molecule has 0 aliphatic rings. The van der Waals surface area contributed by atoms with Crippen LogP contribution in [-0.4, -0.2) is 0 Å². The Hall–Kier alpha value is -7.94. The molecule has 0 saturated carbocycles. The molecule has 11 aromatic rings. The molecule has 0 bridgehead atoms. The molecule has 282 valence electrons.